The smallest absolute Gasteiger partial charge is 0.0234 e. The summed E-state index contributed by atoms with van der Waals surface area (Å²) in [5, 5.41) is 2.75. The molecule has 0 rings (SSSR count). The molecule has 8 heavy (non-hydrogen) atoms. The Balaban J connectivity index is 0. The van der Waals surface area contributed by atoms with Gasteiger partial charge in [-0.2, -0.15) is 0 Å². The Kier molecular flexibility index (Phi) is 22.2. The third kappa shape index (κ3) is 31.1. The SMILES string of the molecule is CNC.ClCCCCl. The highest BCUT2D eigenvalue weighted by Crippen LogP contribution is 1.84. The van der Waals surface area contributed by atoms with Crippen LogP contribution in [0.1, 0.15) is 6.42 Å². The van der Waals surface area contributed by atoms with Gasteiger partial charge in [0.15, 0.2) is 0 Å². The van der Waals surface area contributed by atoms with E-state index in [9.17, 15) is 0 Å². The van der Waals surface area contributed by atoms with Gasteiger partial charge in [0.05, 0.1) is 0 Å². The highest BCUT2D eigenvalue weighted by molar-refractivity contribution is 6.20. The lowest BCUT2D eigenvalue weighted by Gasteiger charge is -1.75. The van der Waals surface area contributed by atoms with Crippen molar-refractivity contribution in [2.45, 2.75) is 6.42 Å². The maximum absolute atomic E-state index is 5.22. The number of nitrogens with one attached hydrogen (secondary N) is 1. The van der Waals surface area contributed by atoms with Gasteiger partial charge >= 0.3 is 0 Å². The molecule has 0 atom stereocenters. The first kappa shape index (κ1) is 11.4. The van der Waals surface area contributed by atoms with Gasteiger partial charge in [-0.3, -0.25) is 0 Å². The van der Waals surface area contributed by atoms with E-state index in [-0.39, 0.29) is 0 Å². The van der Waals surface area contributed by atoms with E-state index < -0.39 is 0 Å². The second-order valence-corrected chi connectivity index (χ2v) is 1.99. The van der Waals surface area contributed by atoms with Crippen LogP contribution in [-0.2, 0) is 0 Å². The van der Waals surface area contributed by atoms with Crippen LogP contribution in [0.2, 0.25) is 0 Å². The maximum Gasteiger partial charge on any atom is 0.0234 e. The average molecular weight is 158 g/mol. The normalized spacial score (nSPS) is 7.50. The summed E-state index contributed by atoms with van der Waals surface area (Å²) < 4.78 is 0. The molecule has 0 bridgehead atoms. The molecule has 0 saturated carbocycles. The number of hydrogen-bond donors (Lipinski definition) is 1. The van der Waals surface area contributed by atoms with Crippen LogP contribution in [0.15, 0.2) is 0 Å². The fourth-order valence-corrected chi connectivity index (χ4v) is 0.455. The van der Waals surface area contributed by atoms with Gasteiger partial charge in [0, 0.05) is 11.8 Å². The van der Waals surface area contributed by atoms with E-state index in [0.29, 0.717) is 11.8 Å². The van der Waals surface area contributed by atoms with Crippen LogP contribution in [0.5, 0.6) is 0 Å². The van der Waals surface area contributed by atoms with Gasteiger partial charge in [-0.25, -0.2) is 0 Å². The molecule has 1 nitrogen and oxygen atoms in total. The molecule has 0 aromatic carbocycles. The predicted molar refractivity (Wildman–Crippen MR) is 41.0 cm³/mol. The zero-order valence-electron chi connectivity index (χ0n) is 5.38. The predicted octanol–water partition coefficient (Wildman–Crippen LogP) is 1.69. The first-order chi connectivity index (χ1) is 3.83. The molecule has 0 saturated heterocycles. The van der Waals surface area contributed by atoms with Crippen LogP contribution in [0, 0.1) is 0 Å². The van der Waals surface area contributed by atoms with Crippen molar-refractivity contribution in [1.29, 1.82) is 0 Å². The summed E-state index contributed by atoms with van der Waals surface area (Å²) in [5.41, 5.74) is 0. The van der Waals surface area contributed by atoms with Crippen LogP contribution < -0.4 is 5.32 Å². The van der Waals surface area contributed by atoms with Crippen molar-refractivity contribution in [2.24, 2.45) is 0 Å². The molecule has 0 radical (unpaired) electrons. The largest absolute Gasteiger partial charge is 0.323 e. The van der Waals surface area contributed by atoms with Gasteiger partial charge in [-0.15, -0.1) is 23.2 Å². The summed E-state index contributed by atoms with van der Waals surface area (Å²) in [6.07, 6.45) is 0.920. The third-order valence-electron chi connectivity index (χ3n) is 0.267. The fraction of sp³-hybridized carbons (Fsp3) is 1.00. The standard InChI is InChI=1S/C3H6Cl2.C2H7N/c4-2-1-3-5;1-3-2/h1-3H2;3H,1-2H3. The molecular formula is C5H13Cl2N. The zero-order valence-corrected chi connectivity index (χ0v) is 6.89. The summed E-state index contributed by atoms with van der Waals surface area (Å²) in [6.45, 7) is 0. The van der Waals surface area contributed by atoms with Crippen LogP contribution in [-0.4, -0.2) is 25.9 Å². The summed E-state index contributed by atoms with van der Waals surface area (Å²) in [4.78, 5) is 0. The minimum atomic E-state index is 0.684. The Morgan fingerprint density at radius 2 is 1.38 bits per heavy atom. The van der Waals surface area contributed by atoms with Crippen LogP contribution in [0.4, 0.5) is 0 Å². The van der Waals surface area contributed by atoms with E-state index in [1.54, 1.807) is 0 Å². The molecule has 0 aliphatic heterocycles. The second kappa shape index (κ2) is 15.6. The van der Waals surface area contributed by atoms with Crippen LogP contribution in [0.3, 0.4) is 0 Å². The molecule has 1 N–H and O–H groups in total. The molecule has 0 amide bonds. The van der Waals surface area contributed by atoms with Crippen molar-refractivity contribution in [3.05, 3.63) is 0 Å². The molecule has 0 spiro atoms. The van der Waals surface area contributed by atoms with Crippen molar-refractivity contribution in [1.82, 2.24) is 5.32 Å². The Morgan fingerprint density at radius 3 is 1.38 bits per heavy atom. The zero-order chi connectivity index (χ0) is 6.83. The number of hydrogen-bond acceptors (Lipinski definition) is 1. The van der Waals surface area contributed by atoms with Gasteiger partial charge in [-0.1, -0.05) is 0 Å². The lowest BCUT2D eigenvalue weighted by Crippen LogP contribution is -1.89. The van der Waals surface area contributed by atoms with E-state index in [1.807, 2.05) is 14.1 Å². The van der Waals surface area contributed by atoms with E-state index >= 15 is 0 Å². The quantitative estimate of drug-likeness (QED) is 0.603. The highest BCUT2D eigenvalue weighted by Gasteiger charge is 1.72. The maximum atomic E-state index is 5.22. The van der Waals surface area contributed by atoms with Crippen LogP contribution in [0.25, 0.3) is 0 Å². The Morgan fingerprint density at radius 1 is 1.12 bits per heavy atom. The van der Waals surface area contributed by atoms with Crippen molar-refractivity contribution in [2.75, 3.05) is 25.9 Å². The number of halogens is 2. The van der Waals surface area contributed by atoms with Crippen LogP contribution >= 0.6 is 23.2 Å². The molecule has 0 aromatic rings. The van der Waals surface area contributed by atoms with Crippen molar-refractivity contribution in [3.8, 4) is 0 Å². The van der Waals surface area contributed by atoms with E-state index in [0.717, 1.165) is 6.42 Å². The molecular weight excluding hydrogens is 145 g/mol. The summed E-state index contributed by atoms with van der Waals surface area (Å²) in [7, 11) is 3.75. The van der Waals surface area contributed by atoms with Gasteiger partial charge < -0.3 is 5.32 Å². The first-order valence-electron chi connectivity index (χ1n) is 2.53. The second-order valence-electron chi connectivity index (χ2n) is 1.23. The first-order valence-corrected chi connectivity index (χ1v) is 3.60. The Bertz CT molecular complexity index is 24.4. The minimum Gasteiger partial charge on any atom is -0.323 e. The summed E-state index contributed by atoms with van der Waals surface area (Å²) >= 11 is 10.4. The summed E-state index contributed by atoms with van der Waals surface area (Å²) in [5.74, 6) is 1.37. The van der Waals surface area contributed by atoms with Gasteiger partial charge in [0.1, 0.15) is 0 Å². The summed E-state index contributed by atoms with van der Waals surface area (Å²) in [6, 6.07) is 0. The third-order valence-corrected chi connectivity index (χ3v) is 0.802. The minimum absolute atomic E-state index is 0.684. The molecule has 3 heteroatoms. The Labute approximate surface area is 61.4 Å². The van der Waals surface area contributed by atoms with Crippen molar-refractivity contribution < 1.29 is 0 Å². The van der Waals surface area contributed by atoms with Crippen molar-refractivity contribution in [3.63, 3.8) is 0 Å². The molecule has 0 aliphatic rings. The highest BCUT2D eigenvalue weighted by atomic mass is 35.5. The lowest BCUT2D eigenvalue weighted by atomic mass is 10.6. The van der Waals surface area contributed by atoms with E-state index in [4.69, 9.17) is 23.2 Å². The molecule has 0 aromatic heterocycles. The Hall–Kier alpha value is 0.540. The van der Waals surface area contributed by atoms with E-state index in [2.05, 4.69) is 5.32 Å². The topological polar surface area (TPSA) is 12.0 Å². The number of alkyl halides is 2. The lowest BCUT2D eigenvalue weighted by molar-refractivity contribution is 1.02. The molecule has 0 unspecified atom stereocenters. The van der Waals surface area contributed by atoms with Crippen molar-refractivity contribution >= 4 is 23.2 Å². The van der Waals surface area contributed by atoms with Gasteiger partial charge in [-0.05, 0) is 20.5 Å². The van der Waals surface area contributed by atoms with E-state index in [1.165, 1.54) is 0 Å². The van der Waals surface area contributed by atoms with Gasteiger partial charge in [0.2, 0.25) is 0 Å². The number of rotatable bonds is 2. The van der Waals surface area contributed by atoms with Gasteiger partial charge in [0.25, 0.3) is 0 Å². The molecule has 0 aliphatic carbocycles. The molecule has 0 heterocycles. The molecule has 0 fully saturated rings. The fourth-order valence-electron chi connectivity index (χ4n) is 0.0505. The molecule has 52 valence electrons. The monoisotopic (exact) mass is 157 g/mol. The average Bonchev–Trinajstić information content (AvgIpc) is 1.71.